The first-order valence-corrected chi connectivity index (χ1v) is 12.9. The molecule has 2 heteroatoms. The second kappa shape index (κ2) is 9.91. The lowest BCUT2D eigenvalue weighted by molar-refractivity contribution is 0.735. The van der Waals surface area contributed by atoms with Crippen molar-refractivity contribution >= 4 is 5.57 Å². The maximum Gasteiger partial charge on any atom is 0.160 e. The van der Waals surface area contributed by atoms with E-state index in [0.29, 0.717) is 5.82 Å². The minimum Gasteiger partial charge on any atom is -0.231 e. The Labute approximate surface area is 224 Å². The van der Waals surface area contributed by atoms with E-state index in [1.165, 1.54) is 16.7 Å². The third-order valence-corrected chi connectivity index (χ3v) is 7.23. The second-order valence-electron chi connectivity index (χ2n) is 9.37. The lowest BCUT2D eigenvalue weighted by Crippen LogP contribution is -2.30. The van der Waals surface area contributed by atoms with Crippen LogP contribution in [0.1, 0.15) is 35.0 Å². The second-order valence-corrected chi connectivity index (χ2v) is 9.37. The van der Waals surface area contributed by atoms with Gasteiger partial charge in [0.25, 0.3) is 0 Å². The van der Waals surface area contributed by atoms with E-state index in [1.807, 2.05) is 37.3 Å². The van der Waals surface area contributed by atoms with E-state index in [-0.39, 0.29) is 0 Å². The van der Waals surface area contributed by atoms with E-state index in [0.717, 1.165) is 33.7 Å². The zero-order chi connectivity index (χ0) is 26.0. The molecule has 182 valence electrons. The summed E-state index contributed by atoms with van der Waals surface area (Å²) in [5, 5.41) is 0. The smallest absolute Gasteiger partial charge is 0.160 e. The quantitative estimate of drug-likeness (QED) is 0.219. The molecule has 0 spiro atoms. The number of rotatable bonds is 6. The van der Waals surface area contributed by atoms with Crippen molar-refractivity contribution in [3.63, 3.8) is 0 Å². The standard InChI is InChI=1S/C36H28N2/c1-3-16-26(17-4-2)33-32-30-24-14-15-25-31(30)36(28-20-10-6-11-21-28,29-22-12-7-13-23-29)34(32)38-35(37-33)27-18-8-5-9-19-27/h3-25H,1H2,2H3/b17-4-,26-16+. The molecular formula is C36H28N2. The average Bonchev–Trinajstić information content (AvgIpc) is 3.29. The maximum atomic E-state index is 5.42. The van der Waals surface area contributed by atoms with Crippen LogP contribution in [-0.4, -0.2) is 9.97 Å². The van der Waals surface area contributed by atoms with E-state index in [4.69, 9.17) is 9.97 Å². The highest BCUT2D eigenvalue weighted by atomic mass is 14.9. The van der Waals surface area contributed by atoms with Gasteiger partial charge in [-0.05, 0) is 29.2 Å². The van der Waals surface area contributed by atoms with Gasteiger partial charge < -0.3 is 0 Å². The Bertz CT molecular complexity index is 1620. The number of hydrogen-bond acceptors (Lipinski definition) is 2. The topological polar surface area (TPSA) is 25.8 Å². The van der Waals surface area contributed by atoms with Crippen LogP contribution in [0.15, 0.2) is 146 Å². The van der Waals surface area contributed by atoms with Crippen LogP contribution in [0.4, 0.5) is 0 Å². The van der Waals surface area contributed by atoms with Crippen molar-refractivity contribution in [1.29, 1.82) is 0 Å². The van der Waals surface area contributed by atoms with Crippen molar-refractivity contribution in [2.45, 2.75) is 12.3 Å². The van der Waals surface area contributed by atoms with Crippen molar-refractivity contribution in [3.8, 4) is 22.5 Å². The van der Waals surface area contributed by atoms with Gasteiger partial charge in [-0.2, -0.15) is 0 Å². The maximum absolute atomic E-state index is 5.42. The minimum atomic E-state index is -0.592. The van der Waals surface area contributed by atoms with Crippen LogP contribution in [0.2, 0.25) is 0 Å². The number of benzene rings is 4. The Morgan fingerprint density at radius 1 is 0.711 bits per heavy atom. The van der Waals surface area contributed by atoms with Crippen LogP contribution < -0.4 is 0 Å². The van der Waals surface area contributed by atoms with Crippen molar-refractivity contribution in [2.24, 2.45) is 0 Å². The Morgan fingerprint density at radius 3 is 1.89 bits per heavy atom. The zero-order valence-electron chi connectivity index (χ0n) is 21.4. The van der Waals surface area contributed by atoms with Crippen LogP contribution in [0.25, 0.3) is 28.1 Å². The number of hydrogen-bond donors (Lipinski definition) is 0. The molecule has 0 saturated heterocycles. The Kier molecular flexibility index (Phi) is 6.15. The molecule has 0 saturated carbocycles. The van der Waals surface area contributed by atoms with Crippen LogP contribution in [-0.2, 0) is 5.41 Å². The molecule has 6 rings (SSSR count). The summed E-state index contributed by atoms with van der Waals surface area (Å²) in [7, 11) is 0. The molecule has 0 N–H and O–H groups in total. The van der Waals surface area contributed by atoms with Gasteiger partial charge in [-0.1, -0.05) is 146 Å². The van der Waals surface area contributed by atoms with Crippen LogP contribution in [0.3, 0.4) is 0 Å². The summed E-state index contributed by atoms with van der Waals surface area (Å²) in [5.74, 6) is 0.711. The molecule has 0 fully saturated rings. The van der Waals surface area contributed by atoms with Gasteiger partial charge in [0.1, 0.15) is 0 Å². The van der Waals surface area contributed by atoms with Crippen LogP contribution >= 0.6 is 0 Å². The van der Waals surface area contributed by atoms with Gasteiger partial charge in [-0.3, -0.25) is 0 Å². The van der Waals surface area contributed by atoms with Gasteiger partial charge in [-0.15, -0.1) is 0 Å². The predicted molar refractivity (Wildman–Crippen MR) is 158 cm³/mol. The predicted octanol–water partition coefficient (Wildman–Crippen LogP) is 8.65. The summed E-state index contributed by atoms with van der Waals surface area (Å²) in [4.78, 5) is 10.6. The summed E-state index contributed by atoms with van der Waals surface area (Å²) in [6, 6.07) is 40.4. The Balaban J connectivity index is 1.83. The molecule has 1 heterocycles. The fourth-order valence-corrected chi connectivity index (χ4v) is 5.72. The van der Waals surface area contributed by atoms with Gasteiger partial charge in [-0.25, -0.2) is 9.97 Å². The van der Waals surface area contributed by atoms with E-state index < -0.39 is 5.41 Å². The van der Waals surface area contributed by atoms with Gasteiger partial charge in [0.05, 0.1) is 16.8 Å². The zero-order valence-corrected chi connectivity index (χ0v) is 21.4. The van der Waals surface area contributed by atoms with Crippen molar-refractivity contribution in [2.75, 3.05) is 0 Å². The highest BCUT2D eigenvalue weighted by Gasteiger charge is 2.49. The van der Waals surface area contributed by atoms with Crippen LogP contribution in [0.5, 0.6) is 0 Å². The first-order valence-electron chi connectivity index (χ1n) is 12.9. The lowest BCUT2D eigenvalue weighted by atomic mass is 9.69. The molecular weight excluding hydrogens is 460 g/mol. The van der Waals surface area contributed by atoms with Gasteiger partial charge in [0.2, 0.25) is 0 Å². The molecule has 0 aliphatic heterocycles. The lowest BCUT2D eigenvalue weighted by Gasteiger charge is -2.33. The Morgan fingerprint density at radius 2 is 1.29 bits per heavy atom. The highest BCUT2D eigenvalue weighted by molar-refractivity contribution is 5.93. The largest absolute Gasteiger partial charge is 0.231 e. The molecule has 4 aromatic carbocycles. The van der Waals surface area contributed by atoms with E-state index >= 15 is 0 Å². The summed E-state index contributed by atoms with van der Waals surface area (Å²) in [6.07, 6.45) is 8.01. The normalized spacial score (nSPS) is 13.8. The summed E-state index contributed by atoms with van der Waals surface area (Å²) < 4.78 is 0. The van der Waals surface area contributed by atoms with Gasteiger partial charge >= 0.3 is 0 Å². The van der Waals surface area contributed by atoms with Crippen molar-refractivity contribution in [3.05, 3.63) is 174 Å². The molecule has 1 aromatic heterocycles. The number of aromatic nitrogens is 2. The molecule has 1 aliphatic rings. The fourth-order valence-electron chi connectivity index (χ4n) is 5.72. The molecule has 0 unspecified atom stereocenters. The summed E-state index contributed by atoms with van der Waals surface area (Å²) in [6.45, 7) is 6.03. The number of fused-ring (bicyclic) bond motifs is 3. The number of nitrogens with zero attached hydrogens (tertiary/aromatic N) is 2. The van der Waals surface area contributed by atoms with Gasteiger partial charge in [0, 0.05) is 16.7 Å². The SMILES string of the molecule is C=C/C=C(\C=C/C)c1nc(-c2ccccc2)nc2c1-c1ccccc1C2(c1ccccc1)c1ccccc1. The Hall–Kier alpha value is -4.82. The first kappa shape index (κ1) is 23.6. The average molecular weight is 489 g/mol. The number of allylic oxidation sites excluding steroid dienone is 5. The fraction of sp³-hybridized carbons (Fsp3) is 0.0556. The molecule has 1 aliphatic carbocycles. The van der Waals surface area contributed by atoms with E-state index in [9.17, 15) is 0 Å². The van der Waals surface area contributed by atoms with Crippen molar-refractivity contribution < 1.29 is 0 Å². The van der Waals surface area contributed by atoms with Gasteiger partial charge in [0.15, 0.2) is 5.82 Å². The van der Waals surface area contributed by atoms with E-state index in [1.54, 1.807) is 0 Å². The summed E-state index contributed by atoms with van der Waals surface area (Å²) in [5.41, 5.74) is 9.11. The van der Waals surface area contributed by atoms with Crippen LogP contribution in [0, 0.1) is 0 Å². The minimum absolute atomic E-state index is 0.592. The molecule has 2 nitrogen and oxygen atoms in total. The molecule has 0 amide bonds. The summed E-state index contributed by atoms with van der Waals surface area (Å²) >= 11 is 0. The molecule has 5 aromatic rings. The molecule has 0 atom stereocenters. The first-order chi connectivity index (χ1) is 18.8. The van der Waals surface area contributed by atoms with Crippen molar-refractivity contribution in [1.82, 2.24) is 9.97 Å². The molecule has 0 radical (unpaired) electrons. The highest BCUT2D eigenvalue weighted by Crippen LogP contribution is 2.56. The monoisotopic (exact) mass is 488 g/mol. The third-order valence-electron chi connectivity index (χ3n) is 7.23. The van der Waals surface area contributed by atoms with E-state index in [2.05, 4.69) is 116 Å². The third kappa shape index (κ3) is 3.65. The molecule has 38 heavy (non-hydrogen) atoms. The molecule has 0 bridgehead atoms.